The normalized spacial score (nSPS) is 34.4. The topological polar surface area (TPSA) is 117 Å². The molecule has 2 fully saturated rings. The molecule has 1 aromatic rings. The second-order valence-electron chi connectivity index (χ2n) is 13.3. The molecule has 1 spiro atoms. The number of esters is 1. The minimum Gasteiger partial charge on any atom is -0.455 e. The van der Waals surface area contributed by atoms with E-state index in [1.165, 1.54) is 4.90 Å². The Labute approximate surface area is 259 Å². The number of hydrogen-bond donors (Lipinski definition) is 1. The number of fused-ring (bicyclic) bond motifs is 2. The van der Waals surface area contributed by atoms with Crippen LogP contribution < -0.4 is 0 Å². The highest BCUT2D eigenvalue weighted by Crippen LogP contribution is 2.56. The van der Waals surface area contributed by atoms with Gasteiger partial charge in [0.1, 0.15) is 23.7 Å². The molecule has 4 aliphatic heterocycles. The Hall–Kier alpha value is -3.50. The standard InChI is InChI=1S/C34H45N3O7/c1-7-23(20-38)37-29-31(41)36(33(3,4)5)19-13-9-12-16-25(39)35(6)21(2)28(22-14-10-8-11-15-22)43-32(42)26-24-17-18-34(29,44-24)27(26)30(37)40/h8-11,13-15,17-18,21,23-24,26-29,38H,7,12,16,19-20H2,1-6H3/b13-9-/t21-,23-,24+,26-,27-,28+,29+,34-/m0/s1. The summed E-state index contributed by atoms with van der Waals surface area (Å²) in [5.41, 5.74) is -1.28. The molecule has 5 bridgehead atoms. The van der Waals surface area contributed by atoms with Gasteiger partial charge in [-0.1, -0.05) is 61.6 Å². The highest BCUT2D eigenvalue weighted by atomic mass is 16.6. The van der Waals surface area contributed by atoms with Crippen molar-refractivity contribution in [3.05, 3.63) is 60.2 Å². The van der Waals surface area contributed by atoms with Gasteiger partial charge in [0.2, 0.25) is 17.7 Å². The molecule has 1 N–H and O–H groups in total. The summed E-state index contributed by atoms with van der Waals surface area (Å²) >= 11 is 0. The number of aliphatic hydroxyl groups is 1. The maximum Gasteiger partial charge on any atom is 0.313 e. The highest BCUT2D eigenvalue weighted by Gasteiger charge is 2.74. The van der Waals surface area contributed by atoms with Crippen LogP contribution in [0.3, 0.4) is 0 Å². The van der Waals surface area contributed by atoms with E-state index in [0.29, 0.717) is 12.8 Å². The SMILES string of the molecule is CC[C@@H](CO)N1C(=O)[C@@H]2[C@H]3C(=O)O[C@@H](c4ccccc4)[C@H](C)N(C)C(=O)CC/C=C\CN(C(C)(C)C)C(=O)[C@@H]1[C@]21C=C[C@H]3O1. The number of carbonyl (C=O) groups excluding carboxylic acids is 4. The summed E-state index contributed by atoms with van der Waals surface area (Å²) in [6.07, 6.45) is 6.88. The Kier molecular flexibility index (Phi) is 8.79. The number of likely N-dealkylation sites (N-methyl/N-ethyl adjacent to an activating group) is 1. The molecule has 1 aromatic carbocycles. The molecule has 2 saturated heterocycles. The molecule has 10 heteroatoms. The molecule has 4 heterocycles. The second-order valence-corrected chi connectivity index (χ2v) is 13.3. The molecule has 0 unspecified atom stereocenters. The summed E-state index contributed by atoms with van der Waals surface area (Å²) in [6, 6.07) is 7.04. The first-order valence-corrected chi connectivity index (χ1v) is 15.6. The lowest BCUT2D eigenvalue weighted by molar-refractivity contribution is -0.164. The zero-order valence-corrected chi connectivity index (χ0v) is 26.5. The number of ether oxygens (including phenoxy) is 2. The fourth-order valence-corrected chi connectivity index (χ4v) is 7.21. The molecular weight excluding hydrogens is 562 g/mol. The number of rotatable bonds is 4. The van der Waals surface area contributed by atoms with E-state index < -0.39 is 65.2 Å². The van der Waals surface area contributed by atoms with Crippen LogP contribution in [0.5, 0.6) is 0 Å². The number of allylic oxidation sites excluding steroid dienone is 1. The van der Waals surface area contributed by atoms with Crippen molar-refractivity contribution >= 4 is 23.7 Å². The van der Waals surface area contributed by atoms with Crippen LogP contribution >= 0.6 is 0 Å². The Morgan fingerprint density at radius 3 is 2.41 bits per heavy atom. The van der Waals surface area contributed by atoms with Crippen LogP contribution in [0.4, 0.5) is 0 Å². The third-order valence-electron chi connectivity index (χ3n) is 9.76. The van der Waals surface area contributed by atoms with Gasteiger partial charge in [-0.2, -0.15) is 0 Å². The van der Waals surface area contributed by atoms with E-state index in [0.717, 1.165) is 5.56 Å². The molecule has 3 amide bonds. The number of nitrogens with zero attached hydrogens (tertiary/aromatic N) is 3. The summed E-state index contributed by atoms with van der Waals surface area (Å²) < 4.78 is 12.8. The van der Waals surface area contributed by atoms with E-state index in [9.17, 15) is 24.3 Å². The molecule has 238 valence electrons. The van der Waals surface area contributed by atoms with Gasteiger partial charge in [0.15, 0.2) is 0 Å². The second kappa shape index (κ2) is 12.1. The van der Waals surface area contributed by atoms with Gasteiger partial charge in [-0.25, -0.2) is 0 Å². The van der Waals surface area contributed by atoms with Gasteiger partial charge in [-0.3, -0.25) is 19.2 Å². The van der Waals surface area contributed by atoms with Crippen molar-refractivity contribution in [3.8, 4) is 0 Å². The van der Waals surface area contributed by atoms with Gasteiger partial charge in [0.25, 0.3) is 0 Å². The lowest BCUT2D eigenvalue weighted by atomic mass is 9.74. The number of carbonyl (C=O) groups is 4. The maximum absolute atomic E-state index is 14.6. The summed E-state index contributed by atoms with van der Waals surface area (Å²) in [7, 11) is 1.70. The van der Waals surface area contributed by atoms with Gasteiger partial charge < -0.3 is 29.3 Å². The minimum atomic E-state index is -1.38. The van der Waals surface area contributed by atoms with Crippen LogP contribution in [-0.2, 0) is 28.7 Å². The van der Waals surface area contributed by atoms with Crippen molar-refractivity contribution in [2.45, 2.75) is 95.4 Å². The van der Waals surface area contributed by atoms with Crippen LogP contribution in [0.1, 0.15) is 65.5 Å². The van der Waals surface area contributed by atoms with Crippen molar-refractivity contribution in [2.24, 2.45) is 11.8 Å². The third kappa shape index (κ3) is 5.26. The maximum atomic E-state index is 14.6. The Morgan fingerprint density at radius 2 is 1.77 bits per heavy atom. The average molecular weight is 608 g/mol. The average Bonchev–Trinajstić information content (AvgIpc) is 3.64. The molecular formula is C34H45N3O7. The number of cyclic esters (lactones) is 1. The van der Waals surface area contributed by atoms with E-state index in [2.05, 4.69) is 0 Å². The Balaban J connectivity index is 1.64. The largest absolute Gasteiger partial charge is 0.455 e. The van der Waals surface area contributed by atoms with Crippen LogP contribution in [0.2, 0.25) is 0 Å². The van der Waals surface area contributed by atoms with E-state index in [4.69, 9.17) is 9.47 Å². The van der Waals surface area contributed by atoms with Crippen molar-refractivity contribution in [2.75, 3.05) is 20.2 Å². The van der Waals surface area contributed by atoms with Gasteiger partial charge in [0.05, 0.1) is 30.7 Å². The van der Waals surface area contributed by atoms with Crippen LogP contribution in [0.15, 0.2) is 54.6 Å². The zero-order valence-electron chi connectivity index (χ0n) is 26.5. The first-order chi connectivity index (χ1) is 20.9. The number of benzene rings is 1. The molecule has 10 nitrogen and oxygen atoms in total. The van der Waals surface area contributed by atoms with Crippen molar-refractivity contribution in [1.82, 2.24) is 14.7 Å². The minimum absolute atomic E-state index is 0.100. The first-order valence-electron chi connectivity index (χ1n) is 15.6. The van der Waals surface area contributed by atoms with Crippen LogP contribution in [0.25, 0.3) is 0 Å². The first kappa shape index (κ1) is 31.9. The van der Waals surface area contributed by atoms with Crippen molar-refractivity contribution < 1.29 is 33.8 Å². The molecule has 4 aliphatic rings. The van der Waals surface area contributed by atoms with Gasteiger partial charge in [-0.05, 0) is 46.1 Å². The van der Waals surface area contributed by atoms with E-state index in [1.807, 2.05) is 77.1 Å². The van der Waals surface area contributed by atoms with E-state index >= 15 is 0 Å². The molecule has 0 aromatic heterocycles. The predicted octanol–water partition coefficient (Wildman–Crippen LogP) is 3.02. The fraction of sp³-hybridized carbons (Fsp3) is 0.588. The molecule has 44 heavy (non-hydrogen) atoms. The Bertz CT molecular complexity index is 1330. The quantitative estimate of drug-likeness (QED) is 0.413. The monoisotopic (exact) mass is 607 g/mol. The number of hydrogen-bond acceptors (Lipinski definition) is 7. The summed E-state index contributed by atoms with van der Waals surface area (Å²) in [4.78, 5) is 61.3. The third-order valence-corrected chi connectivity index (χ3v) is 9.76. The number of aliphatic hydroxyl groups excluding tert-OH is 1. The fourth-order valence-electron chi connectivity index (χ4n) is 7.21. The number of amides is 3. The van der Waals surface area contributed by atoms with Crippen LogP contribution in [0, 0.1) is 11.8 Å². The van der Waals surface area contributed by atoms with Gasteiger partial charge in [0, 0.05) is 25.6 Å². The smallest absolute Gasteiger partial charge is 0.313 e. The lowest BCUT2D eigenvalue weighted by Gasteiger charge is -2.43. The Morgan fingerprint density at radius 1 is 1.07 bits per heavy atom. The molecule has 8 atom stereocenters. The van der Waals surface area contributed by atoms with Gasteiger partial charge in [-0.15, -0.1) is 0 Å². The molecule has 0 radical (unpaired) electrons. The molecule has 0 saturated carbocycles. The summed E-state index contributed by atoms with van der Waals surface area (Å²) in [6.45, 7) is 9.39. The number of likely N-dealkylation sites (tertiary alicyclic amines) is 1. The van der Waals surface area contributed by atoms with Crippen molar-refractivity contribution in [1.29, 1.82) is 0 Å². The summed E-state index contributed by atoms with van der Waals surface area (Å²) in [5.74, 6) is -3.44. The highest BCUT2D eigenvalue weighted by molar-refractivity contribution is 5.99. The summed E-state index contributed by atoms with van der Waals surface area (Å²) in [5, 5.41) is 10.4. The lowest BCUT2D eigenvalue weighted by Crippen LogP contribution is -2.61. The van der Waals surface area contributed by atoms with Gasteiger partial charge >= 0.3 is 5.97 Å². The zero-order chi connectivity index (χ0) is 32.0. The van der Waals surface area contributed by atoms with E-state index in [1.54, 1.807) is 29.0 Å². The van der Waals surface area contributed by atoms with Crippen LogP contribution in [-0.4, -0.2) is 99.1 Å². The van der Waals surface area contributed by atoms with Crippen molar-refractivity contribution in [3.63, 3.8) is 0 Å². The molecule has 5 rings (SSSR count). The molecule has 0 aliphatic carbocycles. The predicted molar refractivity (Wildman–Crippen MR) is 163 cm³/mol. The van der Waals surface area contributed by atoms with E-state index in [-0.39, 0.29) is 31.4 Å².